The van der Waals surface area contributed by atoms with Crippen molar-refractivity contribution in [3.8, 4) is 17.0 Å². The van der Waals surface area contributed by atoms with Gasteiger partial charge in [0, 0.05) is 11.6 Å². The van der Waals surface area contributed by atoms with Crippen LogP contribution in [0.25, 0.3) is 11.3 Å². The van der Waals surface area contributed by atoms with Crippen molar-refractivity contribution in [2.24, 2.45) is 0 Å². The first-order valence-electron chi connectivity index (χ1n) is 4.77. The zero-order chi connectivity index (χ0) is 13.3. The van der Waals surface area contributed by atoms with Crippen molar-refractivity contribution >= 4 is 21.9 Å². The van der Waals surface area contributed by atoms with Crippen molar-refractivity contribution in [3.05, 3.63) is 34.2 Å². The first-order valence-corrected chi connectivity index (χ1v) is 5.56. The van der Waals surface area contributed by atoms with Crippen molar-refractivity contribution in [1.82, 2.24) is 5.16 Å². The third-order valence-corrected chi connectivity index (χ3v) is 2.86. The van der Waals surface area contributed by atoms with Crippen LogP contribution >= 0.6 is 15.9 Å². The van der Waals surface area contributed by atoms with Crippen LogP contribution in [-0.2, 0) is 0 Å². The molecule has 0 amide bonds. The number of aromatic carboxylic acids is 1. The quantitative estimate of drug-likeness (QED) is 0.942. The fourth-order valence-electron chi connectivity index (χ4n) is 1.44. The summed E-state index contributed by atoms with van der Waals surface area (Å²) >= 11 is 3.03. The van der Waals surface area contributed by atoms with Gasteiger partial charge in [0.15, 0.2) is 11.6 Å². The molecule has 0 aliphatic heterocycles. The lowest BCUT2D eigenvalue weighted by atomic mass is 10.1. The number of carbonyl (C=O) groups is 1. The SMILES string of the molecule is COc1c(-c2cc(C(=O)O)on2)ccc(Br)c1F. The molecule has 1 N–H and O–H groups in total. The van der Waals surface area contributed by atoms with Crippen molar-refractivity contribution < 1.29 is 23.6 Å². The molecule has 1 aromatic heterocycles. The summed E-state index contributed by atoms with van der Waals surface area (Å²) in [5, 5.41) is 12.3. The molecule has 0 aliphatic carbocycles. The van der Waals surface area contributed by atoms with Gasteiger partial charge in [-0.2, -0.15) is 0 Å². The summed E-state index contributed by atoms with van der Waals surface area (Å²) in [6.07, 6.45) is 0. The van der Waals surface area contributed by atoms with Gasteiger partial charge in [0.1, 0.15) is 5.69 Å². The van der Waals surface area contributed by atoms with Crippen LogP contribution in [0.2, 0.25) is 0 Å². The number of carboxylic acids is 1. The summed E-state index contributed by atoms with van der Waals surface area (Å²) < 4.78 is 23.6. The lowest BCUT2D eigenvalue weighted by molar-refractivity contribution is 0.0652. The second-order valence-corrected chi connectivity index (χ2v) is 4.18. The molecular formula is C11H7BrFNO4. The van der Waals surface area contributed by atoms with E-state index >= 15 is 0 Å². The van der Waals surface area contributed by atoms with Crippen LogP contribution in [0.5, 0.6) is 5.75 Å². The molecule has 0 saturated heterocycles. The summed E-state index contributed by atoms with van der Waals surface area (Å²) in [7, 11) is 1.31. The van der Waals surface area contributed by atoms with Crippen LogP contribution in [0, 0.1) is 5.82 Å². The Kier molecular flexibility index (Phi) is 3.33. The van der Waals surface area contributed by atoms with E-state index in [1.807, 2.05) is 0 Å². The first kappa shape index (κ1) is 12.6. The van der Waals surface area contributed by atoms with Crippen LogP contribution in [-0.4, -0.2) is 23.3 Å². The molecule has 18 heavy (non-hydrogen) atoms. The summed E-state index contributed by atoms with van der Waals surface area (Å²) in [6, 6.07) is 4.23. The average molecular weight is 316 g/mol. The third-order valence-electron chi connectivity index (χ3n) is 2.25. The normalized spacial score (nSPS) is 10.4. The fourth-order valence-corrected chi connectivity index (χ4v) is 1.75. The monoisotopic (exact) mass is 315 g/mol. The topological polar surface area (TPSA) is 72.6 Å². The molecule has 0 bridgehead atoms. The number of methoxy groups -OCH3 is 1. The van der Waals surface area contributed by atoms with E-state index in [-0.39, 0.29) is 21.7 Å². The summed E-state index contributed by atoms with van der Waals surface area (Å²) in [5.41, 5.74) is 0.505. The van der Waals surface area contributed by atoms with E-state index < -0.39 is 11.8 Å². The standard InChI is InChI=1S/C11H7BrFNO4/c1-17-10-5(2-3-6(12)9(10)13)7-4-8(11(15)16)18-14-7/h2-4H,1H3,(H,15,16). The van der Waals surface area contributed by atoms with Crippen LogP contribution in [0.15, 0.2) is 27.2 Å². The van der Waals surface area contributed by atoms with Crippen molar-refractivity contribution in [2.75, 3.05) is 7.11 Å². The Bertz CT molecular complexity index is 611. The highest BCUT2D eigenvalue weighted by molar-refractivity contribution is 9.10. The molecule has 2 aromatic rings. The zero-order valence-corrected chi connectivity index (χ0v) is 10.7. The Labute approximate surface area is 109 Å². The molecule has 5 nitrogen and oxygen atoms in total. The molecule has 94 valence electrons. The van der Waals surface area contributed by atoms with E-state index in [2.05, 4.69) is 25.6 Å². The van der Waals surface area contributed by atoms with Gasteiger partial charge in [-0.15, -0.1) is 0 Å². The Balaban J connectivity index is 2.56. The van der Waals surface area contributed by atoms with E-state index in [4.69, 9.17) is 9.84 Å². The molecule has 0 fully saturated rings. The van der Waals surface area contributed by atoms with Gasteiger partial charge in [0.2, 0.25) is 5.76 Å². The van der Waals surface area contributed by atoms with Gasteiger partial charge in [0.05, 0.1) is 11.6 Å². The van der Waals surface area contributed by atoms with Gasteiger partial charge in [-0.1, -0.05) is 5.16 Å². The third kappa shape index (κ3) is 2.08. The largest absolute Gasteiger partial charge is 0.493 e. The zero-order valence-electron chi connectivity index (χ0n) is 9.11. The van der Waals surface area contributed by atoms with Gasteiger partial charge < -0.3 is 14.4 Å². The van der Waals surface area contributed by atoms with Crippen LogP contribution < -0.4 is 4.74 Å². The predicted molar refractivity (Wildman–Crippen MR) is 63.1 cm³/mol. The van der Waals surface area contributed by atoms with Gasteiger partial charge in [-0.05, 0) is 28.1 Å². The predicted octanol–water partition coefficient (Wildman–Crippen LogP) is 2.95. The van der Waals surface area contributed by atoms with Crippen LogP contribution in [0.3, 0.4) is 0 Å². The molecule has 1 heterocycles. The Morgan fingerprint density at radius 1 is 1.56 bits per heavy atom. The second-order valence-electron chi connectivity index (χ2n) is 3.32. The summed E-state index contributed by atoms with van der Waals surface area (Å²) in [5.74, 6) is -2.19. The molecule has 0 unspecified atom stereocenters. The highest BCUT2D eigenvalue weighted by atomic mass is 79.9. The number of rotatable bonds is 3. The van der Waals surface area contributed by atoms with Gasteiger partial charge in [-0.3, -0.25) is 0 Å². The maximum atomic E-state index is 13.8. The summed E-state index contributed by atoms with van der Waals surface area (Å²) in [4.78, 5) is 10.7. The van der Waals surface area contributed by atoms with Gasteiger partial charge in [0.25, 0.3) is 0 Å². The Morgan fingerprint density at radius 3 is 2.83 bits per heavy atom. The average Bonchev–Trinajstić information content (AvgIpc) is 2.82. The fraction of sp³-hybridized carbons (Fsp3) is 0.0909. The molecule has 0 atom stereocenters. The number of nitrogens with zero attached hydrogens (tertiary/aromatic N) is 1. The molecule has 0 radical (unpaired) electrons. The number of aromatic nitrogens is 1. The minimum absolute atomic E-state index is 0.0328. The van der Waals surface area contributed by atoms with Crippen molar-refractivity contribution in [3.63, 3.8) is 0 Å². The number of hydrogen-bond acceptors (Lipinski definition) is 4. The smallest absolute Gasteiger partial charge is 0.374 e. The van der Waals surface area contributed by atoms with E-state index in [9.17, 15) is 9.18 Å². The molecule has 0 aliphatic rings. The maximum absolute atomic E-state index is 13.8. The maximum Gasteiger partial charge on any atom is 0.374 e. The Hall–Kier alpha value is -1.89. The number of hydrogen-bond donors (Lipinski definition) is 1. The molecule has 7 heteroatoms. The van der Waals surface area contributed by atoms with Crippen LogP contribution in [0.4, 0.5) is 4.39 Å². The molecule has 1 aromatic carbocycles. The number of ether oxygens (including phenoxy) is 1. The minimum Gasteiger partial charge on any atom is -0.493 e. The van der Waals surface area contributed by atoms with Gasteiger partial charge >= 0.3 is 5.97 Å². The minimum atomic E-state index is -1.25. The second kappa shape index (κ2) is 4.77. The number of carboxylic acid groups (broad SMARTS) is 1. The lowest BCUT2D eigenvalue weighted by Gasteiger charge is -2.07. The Morgan fingerprint density at radius 2 is 2.28 bits per heavy atom. The van der Waals surface area contributed by atoms with Crippen LogP contribution in [0.1, 0.15) is 10.6 Å². The lowest BCUT2D eigenvalue weighted by Crippen LogP contribution is -1.93. The molecule has 2 rings (SSSR count). The van der Waals surface area contributed by atoms with E-state index in [0.717, 1.165) is 0 Å². The van der Waals surface area contributed by atoms with Crippen molar-refractivity contribution in [1.29, 1.82) is 0 Å². The van der Waals surface area contributed by atoms with Crippen molar-refractivity contribution in [2.45, 2.75) is 0 Å². The molecular weight excluding hydrogens is 309 g/mol. The first-order chi connectivity index (χ1) is 8.54. The number of benzene rings is 1. The van der Waals surface area contributed by atoms with E-state index in [0.29, 0.717) is 5.56 Å². The number of halogens is 2. The highest BCUT2D eigenvalue weighted by Gasteiger charge is 2.19. The van der Waals surface area contributed by atoms with E-state index in [1.54, 1.807) is 6.07 Å². The molecule has 0 saturated carbocycles. The van der Waals surface area contributed by atoms with Gasteiger partial charge in [-0.25, -0.2) is 9.18 Å². The molecule has 0 spiro atoms. The van der Waals surface area contributed by atoms with E-state index in [1.165, 1.54) is 19.2 Å². The highest BCUT2D eigenvalue weighted by Crippen LogP contribution is 2.35. The summed E-state index contributed by atoms with van der Waals surface area (Å²) in [6.45, 7) is 0.